The monoisotopic (exact) mass is 373 g/mol. The minimum absolute atomic E-state index is 0.558. The topological polar surface area (TPSA) is 74.9 Å². The van der Waals surface area contributed by atoms with Crippen LogP contribution in [-0.4, -0.2) is 63.3 Å². The predicted molar refractivity (Wildman–Crippen MR) is 109 cm³/mol. The van der Waals surface area contributed by atoms with Crippen molar-refractivity contribution >= 4 is 5.96 Å². The van der Waals surface area contributed by atoms with E-state index in [0.29, 0.717) is 12.4 Å². The van der Waals surface area contributed by atoms with Crippen LogP contribution in [0.1, 0.15) is 17.7 Å². The molecule has 0 unspecified atom stereocenters. The Labute approximate surface area is 161 Å². The minimum atomic E-state index is 0.558. The van der Waals surface area contributed by atoms with E-state index in [2.05, 4.69) is 51.6 Å². The average Bonchev–Trinajstić information content (AvgIpc) is 3.15. The Kier molecular flexibility index (Phi) is 8.80. The second kappa shape index (κ2) is 11.4. The molecule has 0 aliphatic rings. The van der Waals surface area contributed by atoms with Crippen LogP contribution in [0.5, 0.6) is 0 Å². The van der Waals surface area contributed by atoms with Gasteiger partial charge in [-0.3, -0.25) is 4.99 Å². The summed E-state index contributed by atoms with van der Waals surface area (Å²) >= 11 is 0. The lowest BCUT2D eigenvalue weighted by Gasteiger charge is -2.16. The number of ether oxygens (including phenoxy) is 1. The maximum absolute atomic E-state index is 5.59. The van der Waals surface area contributed by atoms with Gasteiger partial charge in [-0.25, -0.2) is 4.98 Å². The molecule has 27 heavy (non-hydrogen) atoms. The van der Waals surface area contributed by atoms with Crippen LogP contribution in [0, 0.1) is 6.92 Å². The molecule has 7 nitrogen and oxygen atoms in total. The number of guanidine groups is 1. The number of hydrogen-bond acceptors (Lipinski definition) is 5. The smallest absolute Gasteiger partial charge is 0.226 e. The summed E-state index contributed by atoms with van der Waals surface area (Å²) in [6, 6.07) is 8.14. The molecule has 0 fully saturated rings. The number of aryl methyl sites for hydroxylation is 1. The summed E-state index contributed by atoms with van der Waals surface area (Å²) in [6.45, 7) is 6.18. The van der Waals surface area contributed by atoms with Crippen molar-refractivity contribution in [1.82, 2.24) is 20.5 Å². The van der Waals surface area contributed by atoms with Crippen LogP contribution in [0.2, 0.25) is 0 Å². The van der Waals surface area contributed by atoms with Gasteiger partial charge in [-0.2, -0.15) is 0 Å². The molecule has 0 saturated carbocycles. The molecule has 2 aromatic rings. The molecule has 0 aliphatic carbocycles. The van der Waals surface area contributed by atoms with E-state index in [1.807, 2.05) is 12.1 Å². The van der Waals surface area contributed by atoms with Gasteiger partial charge in [0.1, 0.15) is 6.26 Å². The van der Waals surface area contributed by atoms with Crippen LogP contribution in [0.3, 0.4) is 0 Å². The van der Waals surface area contributed by atoms with Crippen molar-refractivity contribution in [1.29, 1.82) is 0 Å². The Morgan fingerprint density at radius 3 is 2.70 bits per heavy atom. The van der Waals surface area contributed by atoms with Gasteiger partial charge in [0.15, 0.2) is 5.96 Å². The maximum atomic E-state index is 5.59. The van der Waals surface area contributed by atoms with E-state index >= 15 is 0 Å². The van der Waals surface area contributed by atoms with Crippen molar-refractivity contribution in [3.05, 3.63) is 41.8 Å². The molecule has 148 valence electrons. The first-order valence-electron chi connectivity index (χ1n) is 9.26. The highest BCUT2D eigenvalue weighted by Gasteiger charge is 2.07. The zero-order valence-electron chi connectivity index (χ0n) is 16.8. The third-order valence-corrected chi connectivity index (χ3v) is 4.20. The van der Waals surface area contributed by atoms with E-state index in [1.165, 1.54) is 5.56 Å². The van der Waals surface area contributed by atoms with Crippen molar-refractivity contribution in [2.75, 3.05) is 47.4 Å². The summed E-state index contributed by atoms with van der Waals surface area (Å²) in [5, 5.41) is 6.58. The number of likely N-dealkylation sites (N-methyl/N-ethyl adjacent to an activating group) is 1. The summed E-state index contributed by atoms with van der Waals surface area (Å²) in [4.78, 5) is 11.0. The third-order valence-electron chi connectivity index (χ3n) is 4.20. The van der Waals surface area contributed by atoms with Gasteiger partial charge in [-0.05, 0) is 39.1 Å². The molecule has 1 aromatic heterocycles. The van der Waals surface area contributed by atoms with Crippen molar-refractivity contribution in [2.24, 2.45) is 4.99 Å². The second-order valence-electron chi connectivity index (χ2n) is 6.51. The van der Waals surface area contributed by atoms with Crippen LogP contribution in [0.4, 0.5) is 0 Å². The average molecular weight is 374 g/mol. The quantitative estimate of drug-likeness (QED) is 0.378. The second-order valence-corrected chi connectivity index (χ2v) is 6.51. The lowest BCUT2D eigenvalue weighted by atomic mass is 10.1. The van der Waals surface area contributed by atoms with Gasteiger partial charge >= 0.3 is 0 Å². The molecule has 0 amide bonds. The Balaban J connectivity index is 1.72. The molecule has 0 spiro atoms. The highest BCUT2D eigenvalue weighted by Crippen LogP contribution is 2.18. The number of methoxy groups -OCH3 is 1. The number of aliphatic imine (C=N–C) groups is 1. The van der Waals surface area contributed by atoms with Gasteiger partial charge in [0.05, 0.1) is 18.8 Å². The number of rotatable bonds is 10. The third kappa shape index (κ3) is 7.40. The summed E-state index contributed by atoms with van der Waals surface area (Å²) < 4.78 is 10.7. The van der Waals surface area contributed by atoms with Crippen LogP contribution in [0.25, 0.3) is 11.5 Å². The highest BCUT2D eigenvalue weighted by atomic mass is 16.5. The summed E-state index contributed by atoms with van der Waals surface area (Å²) in [5.74, 6) is 1.39. The number of nitrogens with zero attached hydrogens (tertiary/aromatic N) is 3. The van der Waals surface area contributed by atoms with E-state index in [0.717, 1.165) is 49.9 Å². The molecule has 0 atom stereocenters. The van der Waals surface area contributed by atoms with Crippen molar-refractivity contribution in [3.8, 4) is 11.5 Å². The number of nitrogens with one attached hydrogen (secondary N) is 2. The molecule has 0 aliphatic heterocycles. The lowest BCUT2D eigenvalue weighted by Crippen LogP contribution is -2.38. The minimum Gasteiger partial charge on any atom is -0.444 e. The number of hydrogen-bond donors (Lipinski definition) is 2. The van der Waals surface area contributed by atoms with Gasteiger partial charge in [-0.1, -0.05) is 17.7 Å². The van der Waals surface area contributed by atoms with E-state index < -0.39 is 0 Å². The fourth-order valence-corrected chi connectivity index (χ4v) is 2.53. The SMILES string of the molecule is CN=C(NCCCN(C)CCOC)NCc1coc(-c2ccc(C)cc2)n1. The summed E-state index contributed by atoms with van der Waals surface area (Å²) in [5.41, 5.74) is 3.03. The van der Waals surface area contributed by atoms with Crippen molar-refractivity contribution < 1.29 is 9.15 Å². The number of oxazole rings is 1. The molecular formula is C20H31N5O2. The molecule has 0 saturated heterocycles. The van der Waals surface area contributed by atoms with E-state index in [4.69, 9.17) is 9.15 Å². The van der Waals surface area contributed by atoms with Gasteiger partial charge in [0.25, 0.3) is 0 Å². The van der Waals surface area contributed by atoms with Crippen LogP contribution in [0.15, 0.2) is 39.9 Å². The zero-order valence-corrected chi connectivity index (χ0v) is 16.8. The first-order chi connectivity index (χ1) is 13.1. The summed E-state index contributed by atoms with van der Waals surface area (Å²) in [7, 11) is 5.59. The standard InChI is InChI=1S/C20H31N5O2/c1-16-6-8-17(9-7-16)19-24-18(15-27-19)14-23-20(21-2)22-10-5-11-25(3)12-13-26-4/h6-9,15H,5,10-14H2,1-4H3,(H2,21,22,23). The van der Waals surface area contributed by atoms with E-state index in [9.17, 15) is 0 Å². The maximum Gasteiger partial charge on any atom is 0.226 e. The van der Waals surface area contributed by atoms with Crippen LogP contribution >= 0.6 is 0 Å². The zero-order chi connectivity index (χ0) is 19.5. The molecular weight excluding hydrogens is 342 g/mol. The molecule has 0 bridgehead atoms. The Morgan fingerprint density at radius 2 is 2.00 bits per heavy atom. The molecule has 0 radical (unpaired) electrons. The Bertz CT molecular complexity index is 697. The largest absolute Gasteiger partial charge is 0.444 e. The molecule has 2 N–H and O–H groups in total. The van der Waals surface area contributed by atoms with Crippen LogP contribution in [-0.2, 0) is 11.3 Å². The summed E-state index contributed by atoms with van der Waals surface area (Å²) in [6.07, 6.45) is 2.71. The van der Waals surface area contributed by atoms with Crippen molar-refractivity contribution in [2.45, 2.75) is 19.9 Å². The normalized spacial score (nSPS) is 11.8. The predicted octanol–water partition coefficient (Wildman–Crippen LogP) is 2.28. The molecule has 2 rings (SSSR count). The van der Waals surface area contributed by atoms with Gasteiger partial charge < -0.3 is 24.7 Å². The van der Waals surface area contributed by atoms with Gasteiger partial charge in [0, 0.05) is 32.8 Å². The fourth-order valence-electron chi connectivity index (χ4n) is 2.53. The lowest BCUT2D eigenvalue weighted by molar-refractivity contribution is 0.161. The van der Waals surface area contributed by atoms with E-state index in [-0.39, 0.29) is 0 Å². The first-order valence-corrected chi connectivity index (χ1v) is 9.26. The van der Waals surface area contributed by atoms with Gasteiger partial charge in [-0.15, -0.1) is 0 Å². The number of benzene rings is 1. The van der Waals surface area contributed by atoms with Crippen LogP contribution < -0.4 is 10.6 Å². The highest BCUT2D eigenvalue weighted by molar-refractivity contribution is 5.79. The fraction of sp³-hybridized carbons (Fsp3) is 0.500. The Hall–Kier alpha value is -2.38. The molecule has 7 heteroatoms. The molecule has 1 aromatic carbocycles. The van der Waals surface area contributed by atoms with E-state index in [1.54, 1.807) is 20.4 Å². The Morgan fingerprint density at radius 1 is 1.22 bits per heavy atom. The van der Waals surface area contributed by atoms with Crippen molar-refractivity contribution in [3.63, 3.8) is 0 Å². The van der Waals surface area contributed by atoms with Gasteiger partial charge in [0.2, 0.25) is 5.89 Å². The first kappa shape index (κ1) is 20.9. The number of aromatic nitrogens is 1. The molecule has 1 heterocycles.